The van der Waals surface area contributed by atoms with Crippen LogP contribution < -0.4 is 30.4 Å². The Morgan fingerprint density at radius 1 is 0.875 bits per heavy atom. The van der Waals surface area contributed by atoms with Crippen LogP contribution in [0, 0.1) is 0 Å². The van der Waals surface area contributed by atoms with E-state index in [1.54, 1.807) is 12.1 Å². The van der Waals surface area contributed by atoms with Crippen molar-refractivity contribution in [2.24, 2.45) is 0 Å². The van der Waals surface area contributed by atoms with E-state index in [4.69, 9.17) is 26.4 Å². The highest BCUT2D eigenvalue weighted by Gasteiger charge is 2.23. The second kappa shape index (κ2) is 9.15. The van der Waals surface area contributed by atoms with Gasteiger partial charge in [0, 0.05) is 23.4 Å². The Bertz CT molecular complexity index is 1170. The molecule has 0 spiro atoms. The van der Waals surface area contributed by atoms with Gasteiger partial charge in [-0.15, -0.1) is 0 Å². The quantitative estimate of drug-likeness (QED) is 0.315. The standard InChI is InChI=1S/C24H23N3O4S/c1-29-20-12-15(13-21(30-2)22(20)31-3)25-24(32)27-26-23(28)18-10-6-9-17-16-8-5-4-7-14(16)11-19(17)18/h4-10,12-13H,11H2,1-3H3,(H,26,28)(H2,25,27,32). The summed E-state index contributed by atoms with van der Waals surface area (Å²) in [5, 5.41) is 3.22. The highest BCUT2D eigenvalue weighted by Crippen LogP contribution is 2.40. The van der Waals surface area contributed by atoms with E-state index in [9.17, 15) is 4.79 Å². The van der Waals surface area contributed by atoms with E-state index in [1.165, 1.54) is 32.5 Å². The number of ether oxygens (including phenoxy) is 3. The summed E-state index contributed by atoms with van der Waals surface area (Å²) in [4.78, 5) is 12.9. The van der Waals surface area contributed by atoms with Gasteiger partial charge in [0.05, 0.1) is 21.3 Å². The van der Waals surface area contributed by atoms with Crippen molar-refractivity contribution in [3.8, 4) is 28.4 Å². The molecule has 164 valence electrons. The lowest BCUT2D eigenvalue weighted by molar-refractivity contribution is 0.0943. The van der Waals surface area contributed by atoms with Crippen LogP contribution in [0.4, 0.5) is 5.69 Å². The van der Waals surface area contributed by atoms with E-state index in [0.717, 1.165) is 17.5 Å². The second-order valence-corrected chi connectivity index (χ2v) is 7.52. The normalized spacial score (nSPS) is 11.1. The van der Waals surface area contributed by atoms with E-state index in [-0.39, 0.29) is 11.0 Å². The Morgan fingerprint density at radius 2 is 1.56 bits per heavy atom. The molecule has 32 heavy (non-hydrogen) atoms. The molecule has 0 bridgehead atoms. The third kappa shape index (κ3) is 4.04. The first-order chi connectivity index (χ1) is 15.5. The van der Waals surface area contributed by atoms with Crippen molar-refractivity contribution in [1.29, 1.82) is 0 Å². The molecule has 8 heteroatoms. The fourth-order valence-corrected chi connectivity index (χ4v) is 4.04. The number of anilines is 1. The molecule has 3 N–H and O–H groups in total. The minimum Gasteiger partial charge on any atom is -0.493 e. The lowest BCUT2D eigenvalue weighted by Gasteiger charge is -2.16. The molecule has 0 aromatic heterocycles. The average molecular weight is 450 g/mol. The molecule has 1 amide bonds. The molecule has 0 unspecified atom stereocenters. The molecule has 0 atom stereocenters. The lowest BCUT2D eigenvalue weighted by Crippen LogP contribution is -2.44. The average Bonchev–Trinajstić information content (AvgIpc) is 3.20. The van der Waals surface area contributed by atoms with Gasteiger partial charge in [0.2, 0.25) is 5.75 Å². The van der Waals surface area contributed by atoms with Crippen LogP contribution in [0.15, 0.2) is 54.6 Å². The van der Waals surface area contributed by atoms with Gasteiger partial charge in [-0.2, -0.15) is 0 Å². The molecular weight excluding hydrogens is 426 g/mol. The summed E-state index contributed by atoms with van der Waals surface area (Å²) in [6.07, 6.45) is 0.725. The summed E-state index contributed by atoms with van der Waals surface area (Å²) < 4.78 is 16.0. The van der Waals surface area contributed by atoms with Gasteiger partial charge >= 0.3 is 0 Å². The van der Waals surface area contributed by atoms with Gasteiger partial charge in [0.15, 0.2) is 16.6 Å². The van der Waals surface area contributed by atoms with E-state index in [2.05, 4.69) is 28.3 Å². The molecule has 0 saturated carbocycles. The predicted octanol–water partition coefficient (Wildman–Crippen LogP) is 3.92. The molecule has 0 radical (unpaired) electrons. The highest BCUT2D eigenvalue weighted by atomic mass is 32.1. The molecule has 4 rings (SSSR count). The number of carbonyl (C=O) groups excluding carboxylic acids is 1. The number of nitrogens with one attached hydrogen (secondary N) is 3. The molecular formula is C24H23N3O4S. The third-order valence-corrected chi connectivity index (χ3v) is 5.51. The maximum absolute atomic E-state index is 12.9. The summed E-state index contributed by atoms with van der Waals surface area (Å²) in [6, 6.07) is 17.4. The van der Waals surface area contributed by atoms with Crippen molar-refractivity contribution in [3.63, 3.8) is 0 Å². The molecule has 3 aromatic rings. The number of amides is 1. The largest absolute Gasteiger partial charge is 0.493 e. The van der Waals surface area contributed by atoms with Crippen molar-refractivity contribution in [2.45, 2.75) is 6.42 Å². The zero-order valence-electron chi connectivity index (χ0n) is 17.9. The molecule has 1 aliphatic carbocycles. The lowest BCUT2D eigenvalue weighted by atomic mass is 10.0. The fourth-order valence-electron chi connectivity index (χ4n) is 3.87. The number of hydrogen-bond donors (Lipinski definition) is 3. The Kier molecular flexibility index (Phi) is 6.13. The van der Waals surface area contributed by atoms with Crippen LogP contribution in [0.3, 0.4) is 0 Å². The van der Waals surface area contributed by atoms with Gasteiger partial charge < -0.3 is 19.5 Å². The van der Waals surface area contributed by atoms with Crippen LogP contribution in [0.5, 0.6) is 17.2 Å². The van der Waals surface area contributed by atoms with Gasteiger partial charge in [0.1, 0.15) is 0 Å². The fraction of sp³-hybridized carbons (Fsp3) is 0.167. The van der Waals surface area contributed by atoms with Gasteiger partial charge in [0.25, 0.3) is 5.91 Å². The van der Waals surface area contributed by atoms with E-state index in [0.29, 0.717) is 28.5 Å². The van der Waals surface area contributed by atoms with Crippen molar-refractivity contribution in [1.82, 2.24) is 10.9 Å². The number of hydrogen-bond acceptors (Lipinski definition) is 5. The van der Waals surface area contributed by atoms with Gasteiger partial charge in [-0.25, -0.2) is 0 Å². The Labute approximate surface area is 191 Å². The monoisotopic (exact) mass is 449 g/mol. The molecule has 1 aliphatic rings. The molecule has 0 fully saturated rings. The minimum absolute atomic E-state index is 0.212. The number of rotatable bonds is 5. The Balaban J connectivity index is 1.44. The third-order valence-electron chi connectivity index (χ3n) is 5.31. The van der Waals surface area contributed by atoms with E-state index < -0.39 is 0 Å². The van der Waals surface area contributed by atoms with Crippen LogP contribution in [-0.4, -0.2) is 32.3 Å². The zero-order valence-corrected chi connectivity index (χ0v) is 18.8. The smallest absolute Gasteiger partial charge is 0.269 e. The Hall–Kier alpha value is -3.78. The predicted molar refractivity (Wildman–Crippen MR) is 128 cm³/mol. The second-order valence-electron chi connectivity index (χ2n) is 7.11. The SMILES string of the molecule is COc1cc(NC(=S)NNC(=O)c2cccc3c2Cc2ccccc2-3)cc(OC)c1OC. The topological polar surface area (TPSA) is 80.9 Å². The number of carbonyl (C=O) groups is 1. The first-order valence-electron chi connectivity index (χ1n) is 9.93. The van der Waals surface area contributed by atoms with Gasteiger partial charge in [-0.1, -0.05) is 36.4 Å². The molecule has 3 aromatic carbocycles. The number of thiocarbonyl (C=S) groups is 1. The van der Waals surface area contributed by atoms with Crippen molar-refractivity contribution in [3.05, 3.63) is 71.3 Å². The summed E-state index contributed by atoms with van der Waals surface area (Å²) >= 11 is 5.33. The van der Waals surface area contributed by atoms with Gasteiger partial charge in [-0.05, 0) is 47.0 Å². The van der Waals surface area contributed by atoms with Crippen molar-refractivity contribution >= 4 is 28.9 Å². The summed E-state index contributed by atoms with van der Waals surface area (Å²) in [6.45, 7) is 0. The van der Waals surface area contributed by atoms with Crippen LogP contribution in [0.1, 0.15) is 21.5 Å². The van der Waals surface area contributed by atoms with Gasteiger partial charge in [-0.3, -0.25) is 15.6 Å². The van der Waals surface area contributed by atoms with Crippen molar-refractivity contribution < 1.29 is 19.0 Å². The van der Waals surface area contributed by atoms with E-state index >= 15 is 0 Å². The highest BCUT2D eigenvalue weighted by molar-refractivity contribution is 7.80. The van der Waals surface area contributed by atoms with Crippen LogP contribution in [0.25, 0.3) is 11.1 Å². The summed E-state index contributed by atoms with van der Waals surface area (Å²) in [5.74, 6) is 1.19. The number of fused-ring (bicyclic) bond motifs is 3. The first kappa shape index (κ1) is 21.5. The minimum atomic E-state index is -0.260. The number of methoxy groups -OCH3 is 3. The molecule has 0 saturated heterocycles. The Morgan fingerprint density at radius 3 is 2.25 bits per heavy atom. The maximum atomic E-state index is 12.9. The van der Waals surface area contributed by atoms with Crippen LogP contribution >= 0.6 is 12.2 Å². The van der Waals surface area contributed by atoms with Crippen molar-refractivity contribution in [2.75, 3.05) is 26.6 Å². The number of benzene rings is 3. The summed E-state index contributed by atoms with van der Waals surface area (Å²) in [5.41, 5.74) is 11.1. The first-order valence-corrected chi connectivity index (χ1v) is 10.3. The number of hydrazine groups is 1. The zero-order chi connectivity index (χ0) is 22.7. The molecule has 0 aliphatic heterocycles. The molecule has 0 heterocycles. The van der Waals surface area contributed by atoms with Crippen LogP contribution in [0.2, 0.25) is 0 Å². The van der Waals surface area contributed by atoms with E-state index in [1.807, 2.05) is 30.3 Å². The van der Waals surface area contributed by atoms with Crippen LogP contribution in [-0.2, 0) is 6.42 Å². The molecule has 7 nitrogen and oxygen atoms in total. The maximum Gasteiger partial charge on any atom is 0.269 e. The summed E-state index contributed by atoms with van der Waals surface area (Å²) in [7, 11) is 4.61.